The van der Waals surface area contributed by atoms with Gasteiger partial charge in [-0.25, -0.2) is 5.01 Å². The average molecular weight is 465 g/mol. The molecule has 0 radical (unpaired) electrons. The van der Waals surface area contributed by atoms with Crippen LogP contribution >= 0.6 is 23.2 Å². The monoisotopic (exact) mass is 464 g/mol. The van der Waals surface area contributed by atoms with Crippen molar-refractivity contribution in [3.63, 3.8) is 0 Å². The van der Waals surface area contributed by atoms with E-state index in [4.69, 9.17) is 38.8 Å². The number of nitrogens with zero attached hydrogens (tertiary/aromatic N) is 5. The number of fused-ring (bicyclic) bond motifs is 1. The second-order valence-corrected chi connectivity index (χ2v) is 9.51. The van der Waals surface area contributed by atoms with E-state index in [2.05, 4.69) is 4.90 Å². The van der Waals surface area contributed by atoms with Crippen LogP contribution in [0.2, 0.25) is 10.0 Å². The molecule has 0 saturated carbocycles. The average Bonchev–Trinajstić information content (AvgIpc) is 3.31. The molecule has 0 aliphatic carbocycles. The zero-order valence-electron chi connectivity index (χ0n) is 17.5. The summed E-state index contributed by atoms with van der Waals surface area (Å²) in [6.07, 6.45) is 4.90. The van der Waals surface area contributed by atoms with Gasteiger partial charge in [0, 0.05) is 44.0 Å². The van der Waals surface area contributed by atoms with Crippen LogP contribution in [0.5, 0.6) is 0 Å². The molecule has 8 nitrogen and oxygen atoms in total. The van der Waals surface area contributed by atoms with Crippen LogP contribution in [0.4, 0.5) is 5.69 Å². The Kier molecular flexibility index (Phi) is 5.08. The summed E-state index contributed by atoms with van der Waals surface area (Å²) < 4.78 is 5.82. The Morgan fingerprint density at radius 1 is 1.23 bits per heavy atom. The maximum absolute atomic E-state index is 13.4. The van der Waals surface area contributed by atoms with Gasteiger partial charge in [0.1, 0.15) is 0 Å². The number of halogens is 2. The summed E-state index contributed by atoms with van der Waals surface area (Å²) >= 11 is 12.6. The minimum absolute atomic E-state index is 0.0178. The SMILES string of the molecule is CC1OCC2(CCN(C3=NN4C=CN(c5cccc(Cl)c5Cl)C4C(=O)N3C)CC2)C1N. The molecule has 2 N–H and O–H groups in total. The van der Waals surface area contributed by atoms with E-state index in [0.717, 1.165) is 25.9 Å². The zero-order valence-corrected chi connectivity index (χ0v) is 19.1. The molecule has 3 unspecified atom stereocenters. The molecule has 166 valence electrons. The molecule has 10 heteroatoms. The highest BCUT2D eigenvalue weighted by molar-refractivity contribution is 6.43. The van der Waals surface area contributed by atoms with Gasteiger partial charge in [0.2, 0.25) is 12.1 Å². The first-order valence-corrected chi connectivity index (χ1v) is 11.3. The van der Waals surface area contributed by atoms with Gasteiger partial charge in [0.05, 0.1) is 28.4 Å². The molecule has 2 saturated heterocycles. The first kappa shape index (κ1) is 20.9. The standard InChI is InChI=1S/C21H26Cl2N6O2/c1-13-17(24)21(12-31-13)6-8-27(9-7-21)20-25-29-11-10-28(18(29)19(30)26(20)2)15-5-3-4-14(22)16(15)23/h3-5,10-11,13,17-18H,6-9,12,24H2,1-2H3. The molecule has 1 amide bonds. The van der Waals surface area contributed by atoms with Gasteiger partial charge in [0.15, 0.2) is 0 Å². The van der Waals surface area contributed by atoms with Crippen LogP contribution in [0.25, 0.3) is 0 Å². The number of ether oxygens (including phenoxy) is 1. The third-order valence-electron chi connectivity index (χ3n) is 7.05. The van der Waals surface area contributed by atoms with Gasteiger partial charge in [-0.2, -0.15) is 0 Å². The molecule has 2 fully saturated rings. The van der Waals surface area contributed by atoms with Gasteiger partial charge in [-0.15, -0.1) is 5.10 Å². The number of carbonyl (C=O) groups excluding carboxylic acids is 1. The Labute approximate surface area is 191 Å². The molecule has 4 aliphatic heterocycles. The summed E-state index contributed by atoms with van der Waals surface area (Å²) in [7, 11) is 1.77. The number of hydrogen-bond donors (Lipinski definition) is 1. The van der Waals surface area contributed by atoms with Crippen molar-refractivity contribution in [2.75, 3.05) is 31.6 Å². The minimum atomic E-state index is -0.627. The zero-order chi connectivity index (χ0) is 21.9. The molecule has 5 rings (SSSR count). The summed E-state index contributed by atoms with van der Waals surface area (Å²) in [5, 5.41) is 7.33. The predicted molar refractivity (Wildman–Crippen MR) is 121 cm³/mol. The number of anilines is 1. The Morgan fingerprint density at radius 2 is 1.97 bits per heavy atom. The number of rotatable bonds is 1. The van der Waals surface area contributed by atoms with Crippen LogP contribution in [0.1, 0.15) is 19.8 Å². The number of guanidine groups is 1. The first-order chi connectivity index (χ1) is 14.8. The summed E-state index contributed by atoms with van der Waals surface area (Å²) in [5.74, 6) is 0.571. The minimum Gasteiger partial charge on any atom is -0.376 e. The second-order valence-electron chi connectivity index (χ2n) is 8.72. The van der Waals surface area contributed by atoms with Crippen LogP contribution < -0.4 is 10.6 Å². The lowest BCUT2D eigenvalue weighted by molar-refractivity contribution is -0.132. The number of piperidine rings is 1. The Morgan fingerprint density at radius 3 is 2.65 bits per heavy atom. The van der Waals surface area contributed by atoms with E-state index in [9.17, 15) is 4.79 Å². The van der Waals surface area contributed by atoms with Crippen molar-refractivity contribution in [3.05, 3.63) is 40.6 Å². The molecule has 31 heavy (non-hydrogen) atoms. The molecule has 1 aromatic rings. The second kappa shape index (κ2) is 7.55. The largest absolute Gasteiger partial charge is 0.376 e. The lowest BCUT2D eigenvalue weighted by atomic mass is 9.73. The third kappa shape index (κ3) is 3.19. The molecule has 1 aromatic carbocycles. The molecule has 4 aliphatic rings. The quantitative estimate of drug-likeness (QED) is 0.687. The van der Waals surface area contributed by atoms with Crippen LogP contribution in [-0.4, -0.2) is 71.7 Å². The van der Waals surface area contributed by atoms with Crippen LogP contribution in [0, 0.1) is 5.41 Å². The Balaban J connectivity index is 1.36. The summed E-state index contributed by atoms with van der Waals surface area (Å²) in [6, 6.07) is 5.42. The maximum Gasteiger partial charge on any atom is 0.274 e. The summed E-state index contributed by atoms with van der Waals surface area (Å²) in [6.45, 7) is 4.32. The van der Waals surface area contributed by atoms with E-state index in [-0.39, 0.29) is 23.5 Å². The molecule has 4 heterocycles. The van der Waals surface area contributed by atoms with Crippen molar-refractivity contribution in [2.24, 2.45) is 16.3 Å². The lowest BCUT2D eigenvalue weighted by Gasteiger charge is -2.45. The molecule has 1 spiro atoms. The number of amides is 1. The third-order valence-corrected chi connectivity index (χ3v) is 7.86. The Bertz CT molecular complexity index is 961. The van der Waals surface area contributed by atoms with E-state index >= 15 is 0 Å². The van der Waals surface area contributed by atoms with E-state index in [1.54, 1.807) is 34.1 Å². The van der Waals surface area contributed by atoms with E-state index < -0.39 is 6.17 Å². The summed E-state index contributed by atoms with van der Waals surface area (Å²) in [4.78, 5) is 19.0. The molecule has 3 atom stereocenters. The van der Waals surface area contributed by atoms with Gasteiger partial charge in [-0.05, 0) is 31.9 Å². The fourth-order valence-electron chi connectivity index (χ4n) is 5.00. The summed E-state index contributed by atoms with van der Waals surface area (Å²) in [5.41, 5.74) is 7.13. The highest BCUT2D eigenvalue weighted by atomic mass is 35.5. The molecular weight excluding hydrogens is 439 g/mol. The Hall–Kier alpha value is -2.00. The number of hydrogen-bond acceptors (Lipinski definition) is 7. The van der Waals surface area contributed by atoms with Crippen molar-refractivity contribution >= 4 is 40.8 Å². The van der Waals surface area contributed by atoms with Gasteiger partial charge in [0.25, 0.3) is 5.91 Å². The van der Waals surface area contributed by atoms with Crippen molar-refractivity contribution in [1.29, 1.82) is 0 Å². The normalized spacial score (nSPS) is 29.8. The maximum atomic E-state index is 13.4. The van der Waals surface area contributed by atoms with E-state index in [1.165, 1.54) is 0 Å². The highest BCUT2D eigenvalue weighted by Crippen LogP contribution is 2.42. The molecule has 0 bridgehead atoms. The number of hydrazone groups is 1. The van der Waals surface area contributed by atoms with Crippen molar-refractivity contribution < 1.29 is 9.53 Å². The highest BCUT2D eigenvalue weighted by Gasteiger charge is 2.49. The van der Waals surface area contributed by atoms with Crippen LogP contribution in [0.3, 0.4) is 0 Å². The fraction of sp³-hybridized carbons (Fsp3) is 0.524. The number of nitrogens with two attached hydrogens (primary N) is 1. The lowest BCUT2D eigenvalue weighted by Crippen LogP contribution is -2.61. The van der Waals surface area contributed by atoms with E-state index in [0.29, 0.717) is 28.3 Å². The van der Waals surface area contributed by atoms with Gasteiger partial charge < -0.3 is 20.3 Å². The smallest absolute Gasteiger partial charge is 0.274 e. The number of likely N-dealkylation sites (tertiary alicyclic amines) is 1. The molecular formula is C21H26Cl2N6O2. The predicted octanol–water partition coefficient (Wildman–Crippen LogP) is 2.48. The van der Waals surface area contributed by atoms with Crippen LogP contribution in [0.15, 0.2) is 35.7 Å². The number of likely N-dealkylation sites (N-methyl/N-ethyl adjacent to an activating group) is 1. The van der Waals surface area contributed by atoms with Crippen molar-refractivity contribution in [2.45, 2.75) is 38.1 Å². The number of benzene rings is 1. The van der Waals surface area contributed by atoms with Gasteiger partial charge in [-0.3, -0.25) is 9.69 Å². The van der Waals surface area contributed by atoms with Gasteiger partial charge >= 0.3 is 0 Å². The van der Waals surface area contributed by atoms with Gasteiger partial charge in [-0.1, -0.05) is 29.3 Å². The van der Waals surface area contributed by atoms with Crippen molar-refractivity contribution in [1.82, 2.24) is 14.8 Å². The fourth-order valence-corrected chi connectivity index (χ4v) is 5.39. The van der Waals surface area contributed by atoms with Crippen LogP contribution in [-0.2, 0) is 9.53 Å². The molecule has 0 aromatic heterocycles. The topological polar surface area (TPSA) is 77.6 Å². The van der Waals surface area contributed by atoms with Crippen molar-refractivity contribution in [3.8, 4) is 0 Å². The first-order valence-electron chi connectivity index (χ1n) is 10.5. The number of carbonyl (C=O) groups is 1. The van der Waals surface area contributed by atoms with E-state index in [1.807, 2.05) is 25.3 Å².